The molecular weight excluding hydrogens is 423 g/mol. The second-order valence-electron chi connectivity index (χ2n) is 8.72. The molecule has 2 fully saturated rings. The van der Waals surface area contributed by atoms with Gasteiger partial charge >= 0.3 is 6.18 Å². The number of aryl methyl sites for hydroxylation is 1. The van der Waals surface area contributed by atoms with Gasteiger partial charge < -0.3 is 9.64 Å². The molecule has 0 spiro atoms. The van der Waals surface area contributed by atoms with Gasteiger partial charge in [0.2, 0.25) is 5.72 Å². The van der Waals surface area contributed by atoms with Crippen molar-refractivity contribution in [2.24, 2.45) is 0 Å². The number of halogens is 3. The number of likely N-dealkylation sites (N-methyl/N-ethyl adjacent to an activating group) is 1. The molecule has 1 aromatic rings. The van der Waals surface area contributed by atoms with Crippen LogP contribution in [0.15, 0.2) is 30.0 Å². The highest BCUT2D eigenvalue weighted by Gasteiger charge is 2.55. The molecule has 0 radical (unpaired) electrons. The van der Waals surface area contributed by atoms with Gasteiger partial charge in [0.05, 0.1) is 24.5 Å². The Morgan fingerprint density at radius 2 is 2.09 bits per heavy atom. The van der Waals surface area contributed by atoms with Crippen LogP contribution in [0.4, 0.5) is 13.2 Å². The molecule has 176 valence electrons. The van der Waals surface area contributed by atoms with Gasteiger partial charge in [-0.15, -0.1) is 0 Å². The van der Waals surface area contributed by atoms with Crippen molar-refractivity contribution in [3.8, 4) is 0 Å². The van der Waals surface area contributed by atoms with Gasteiger partial charge in [-0.05, 0) is 27.3 Å². The van der Waals surface area contributed by atoms with Crippen LogP contribution >= 0.6 is 0 Å². The molecule has 2 saturated heterocycles. The van der Waals surface area contributed by atoms with Gasteiger partial charge in [0, 0.05) is 50.4 Å². The van der Waals surface area contributed by atoms with Crippen molar-refractivity contribution in [2.45, 2.75) is 57.8 Å². The summed E-state index contributed by atoms with van der Waals surface area (Å²) in [4.78, 5) is 19.5. The van der Waals surface area contributed by atoms with E-state index in [1.54, 1.807) is 4.90 Å². The highest BCUT2D eigenvalue weighted by molar-refractivity contribution is 5.86. The number of carbonyl (C=O) groups is 1. The Kier molecular flexibility index (Phi) is 6.21. The lowest BCUT2D eigenvalue weighted by atomic mass is 9.93. The molecule has 1 aliphatic carbocycles. The minimum Gasteiger partial charge on any atom is -0.343 e. The van der Waals surface area contributed by atoms with Crippen molar-refractivity contribution >= 4 is 5.91 Å². The summed E-state index contributed by atoms with van der Waals surface area (Å²) in [5.41, 5.74) is 0.207. The zero-order valence-corrected chi connectivity index (χ0v) is 18.7. The van der Waals surface area contributed by atoms with E-state index in [1.165, 1.54) is 6.08 Å². The minimum atomic E-state index is -4.38. The largest absolute Gasteiger partial charge is 0.416 e. The van der Waals surface area contributed by atoms with Crippen molar-refractivity contribution < 1.29 is 22.7 Å². The summed E-state index contributed by atoms with van der Waals surface area (Å²) in [6, 6.07) is 0. The Balaban J connectivity index is 1.55. The number of hydrogen-bond acceptors (Lipinski definition) is 5. The smallest absolute Gasteiger partial charge is 0.343 e. The van der Waals surface area contributed by atoms with E-state index in [9.17, 15) is 18.0 Å². The molecule has 10 heteroatoms. The van der Waals surface area contributed by atoms with E-state index >= 15 is 0 Å². The molecule has 3 heterocycles. The maximum absolute atomic E-state index is 13.6. The van der Waals surface area contributed by atoms with Crippen LogP contribution in [0.1, 0.15) is 31.0 Å². The number of nitrogens with zero attached hydrogens (tertiary/aromatic N) is 5. The van der Waals surface area contributed by atoms with Gasteiger partial charge in [-0.1, -0.05) is 18.2 Å². The number of carbonyl (C=O) groups excluding carboxylic acids is 1. The molecule has 3 aliphatic rings. The quantitative estimate of drug-likeness (QED) is 0.663. The number of amides is 1. The van der Waals surface area contributed by atoms with Gasteiger partial charge in [0.1, 0.15) is 0 Å². The van der Waals surface area contributed by atoms with Gasteiger partial charge in [0.25, 0.3) is 5.91 Å². The number of hydrogen-bond donors (Lipinski definition) is 0. The van der Waals surface area contributed by atoms with Gasteiger partial charge in [-0.3, -0.25) is 19.3 Å². The predicted molar refractivity (Wildman–Crippen MR) is 112 cm³/mol. The van der Waals surface area contributed by atoms with Gasteiger partial charge in [-0.25, -0.2) is 0 Å². The van der Waals surface area contributed by atoms with Crippen molar-refractivity contribution in [3.05, 3.63) is 41.3 Å². The average molecular weight is 454 g/mol. The molecule has 0 saturated carbocycles. The van der Waals surface area contributed by atoms with E-state index < -0.39 is 23.6 Å². The molecule has 0 aromatic carbocycles. The molecule has 2 aliphatic heterocycles. The van der Waals surface area contributed by atoms with Gasteiger partial charge in [0.15, 0.2) is 0 Å². The third-order valence-electron chi connectivity index (χ3n) is 6.62. The lowest BCUT2D eigenvalue weighted by molar-refractivity contribution is -0.238. The van der Waals surface area contributed by atoms with Gasteiger partial charge in [-0.2, -0.15) is 18.3 Å². The maximum Gasteiger partial charge on any atom is 0.416 e. The van der Waals surface area contributed by atoms with Crippen LogP contribution in [-0.2, 0) is 22.6 Å². The molecule has 2 atom stereocenters. The van der Waals surface area contributed by atoms with Crippen LogP contribution in [-0.4, -0.2) is 81.7 Å². The zero-order chi connectivity index (χ0) is 23.1. The van der Waals surface area contributed by atoms with Crippen LogP contribution in [0, 0.1) is 6.92 Å². The van der Waals surface area contributed by atoms with Crippen molar-refractivity contribution in [1.29, 1.82) is 0 Å². The third-order valence-corrected chi connectivity index (χ3v) is 6.62. The molecule has 4 rings (SSSR count). The number of aromatic nitrogens is 2. The van der Waals surface area contributed by atoms with Crippen LogP contribution in [0.2, 0.25) is 0 Å². The fraction of sp³-hybridized carbons (Fsp3) is 0.636. The topological polar surface area (TPSA) is 53.8 Å². The standard InChI is InChI=1S/C22H30F3N5O2/c1-4-30-16(2)17(13-26-30)14-29-10-9-21(29,20(31)28-12-11-27(3)15-28)32-19-7-5-18(6-8-19)22(23,24)25/h5-7,13,19H,4,8-12,14-15H2,1-3H3. The summed E-state index contributed by atoms with van der Waals surface area (Å²) in [7, 11) is 1.95. The van der Waals surface area contributed by atoms with Crippen LogP contribution in [0.3, 0.4) is 0 Å². The Bertz CT molecular complexity index is 925. The molecular formula is C22H30F3N5O2. The van der Waals surface area contributed by atoms with E-state index in [2.05, 4.69) is 10.00 Å². The first-order valence-corrected chi connectivity index (χ1v) is 11.0. The number of likely N-dealkylation sites (tertiary alicyclic amines) is 1. The first-order chi connectivity index (χ1) is 15.1. The first-order valence-electron chi connectivity index (χ1n) is 11.0. The summed E-state index contributed by atoms with van der Waals surface area (Å²) in [6.07, 6.45) is 1.05. The van der Waals surface area contributed by atoms with Crippen molar-refractivity contribution in [2.75, 3.05) is 33.4 Å². The van der Waals surface area contributed by atoms with Crippen LogP contribution < -0.4 is 0 Å². The molecule has 1 aromatic heterocycles. The second kappa shape index (κ2) is 8.64. The first kappa shape index (κ1) is 23.0. The highest BCUT2D eigenvalue weighted by Crippen LogP contribution is 2.39. The highest BCUT2D eigenvalue weighted by atomic mass is 19.4. The number of rotatable bonds is 6. The maximum atomic E-state index is 13.6. The summed E-state index contributed by atoms with van der Waals surface area (Å²) in [5.74, 6) is -0.118. The van der Waals surface area contributed by atoms with E-state index in [4.69, 9.17) is 4.74 Å². The van der Waals surface area contributed by atoms with E-state index in [1.807, 2.05) is 36.7 Å². The van der Waals surface area contributed by atoms with E-state index in [0.29, 0.717) is 32.7 Å². The molecule has 0 bridgehead atoms. The summed E-state index contributed by atoms with van der Waals surface area (Å²) in [6.45, 7) is 7.86. The van der Waals surface area contributed by atoms with E-state index in [0.717, 1.165) is 36.5 Å². The molecule has 0 N–H and O–H groups in total. The molecule has 7 nitrogen and oxygen atoms in total. The number of ether oxygens (including phenoxy) is 1. The van der Waals surface area contributed by atoms with Crippen LogP contribution in [0.5, 0.6) is 0 Å². The summed E-state index contributed by atoms with van der Waals surface area (Å²) >= 11 is 0. The average Bonchev–Trinajstić information content (AvgIpc) is 3.33. The summed E-state index contributed by atoms with van der Waals surface area (Å²) in [5, 5.41) is 4.39. The predicted octanol–water partition coefficient (Wildman–Crippen LogP) is 2.68. The number of alkyl halides is 3. The minimum absolute atomic E-state index is 0.0842. The van der Waals surface area contributed by atoms with Crippen molar-refractivity contribution in [3.63, 3.8) is 0 Å². The molecule has 1 amide bonds. The Morgan fingerprint density at radius 1 is 1.31 bits per heavy atom. The fourth-order valence-corrected chi connectivity index (χ4v) is 4.56. The second-order valence-corrected chi connectivity index (χ2v) is 8.72. The molecule has 2 unspecified atom stereocenters. The lowest BCUT2D eigenvalue weighted by Crippen LogP contribution is -2.69. The Labute approximate surface area is 186 Å². The fourth-order valence-electron chi connectivity index (χ4n) is 4.56. The lowest BCUT2D eigenvalue weighted by Gasteiger charge is -2.52. The monoisotopic (exact) mass is 453 g/mol. The Morgan fingerprint density at radius 3 is 2.59 bits per heavy atom. The SMILES string of the molecule is CCn1ncc(CN2CCC2(OC2C=CC(C(F)(F)F)=CC2)C(=O)N2CCN(C)C2)c1C. The normalized spacial score (nSPS) is 27.0. The van der Waals surface area contributed by atoms with Crippen LogP contribution in [0.25, 0.3) is 0 Å². The third kappa shape index (κ3) is 4.23. The van der Waals surface area contributed by atoms with E-state index in [-0.39, 0.29) is 12.3 Å². The zero-order valence-electron chi connectivity index (χ0n) is 18.7. The number of allylic oxidation sites excluding steroid dienone is 2. The summed E-state index contributed by atoms with van der Waals surface area (Å²) < 4.78 is 47.2. The van der Waals surface area contributed by atoms with Crippen molar-refractivity contribution in [1.82, 2.24) is 24.5 Å². The molecule has 32 heavy (non-hydrogen) atoms. The Hall–Kier alpha value is -2.17.